The smallest absolute Gasteiger partial charge is 0.250 e. The molecule has 144 valence electrons. The molecule has 6 heteroatoms. The topological polar surface area (TPSA) is 42.3 Å². The molecule has 2 bridgehead atoms. The number of aromatic nitrogens is 1. The summed E-state index contributed by atoms with van der Waals surface area (Å²) in [5.74, 6) is 1.35. The molecule has 2 aromatic heterocycles. The Bertz CT molecular complexity index is 1080. The van der Waals surface area contributed by atoms with Gasteiger partial charge in [-0.25, -0.2) is 0 Å². The van der Waals surface area contributed by atoms with E-state index in [1.165, 1.54) is 15.0 Å². The number of nitrogens with zero attached hydrogens (tertiary/aromatic N) is 2. The number of thiophene rings is 1. The Hall–Kier alpha value is -2.05. The lowest BCUT2D eigenvalue weighted by molar-refractivity contribution is -0.131. The van der Waals surface area contributed by atoms with Gasteiger partial charge in [0.25, 0.3) is 5.56 Å². The average Bonchev–Trinajstić information content (AvgIpc) is 3.13. The second-order valence-electron chi connectivity index (χ2n) is 7.76. The van der Waals surface area contributed by atoms with Crippen molar-refractivity contribution in [2.24, 2.45) is 5.92 Å². The minimum atomic E-state index is 0.0819. The van der Waals surface area contributed by atoms with Crippen molar-refractivity contribution in [2.75, 3.05) is 25.1 Å². The van der Waals surface area contributed by atoms with E-state index < -0.39 is 0 Å². The zero-order valence-electron chi connectivity index (χ0n) is 15.8. The zero-order chi connectivity index (χ0) is 19.3. The molecule has 0 radical (unpaired) electrons. The number of rotatable bonds is 3. The van der Waals surface area contributed by atoms with Crippen molar-refractivity contribution in [1.82, 2.24) is 9.47 Å². The molecule has 3 aromatic rings. The largest absolute Gasteiger partial charge is 0.341 e. The Labute approximate surface area is 172 Å². The number of carbonyl (C=O) groups excluding carboxylic acids is 1. The Morgan fingerprint density at radius 2 is 2.04 bits per heavy atom. The van der Waals surface area contributed by atoms with E-state index in [0.29, 0.717) is 18.2 Å². The van der Waals surface area contributed by atoms with Crippen LogP contribution in [0.2, 0.25) is 0 Å². The average molecular weight is 411 g/mol. The van der Waals surface area contributed by atoms with Gasteiger partial charge in [-0.3, -0.25) is 9.59 Å². The first kappa shape index (κ1) is 18.0. The fraction of sp³-hybridized carbons (Fsp3) is 0.364. The van der Waals surface area contributed by atoms with Crippen molar-refractivity contribution in [1.29, 1.82) is 0 Å². The van der Waals surface area contributed by atoms with Gasteiger partial charge in [-0.2, -0.15) is 11.8 Å². The normalized spacial score (nSPS) is 21.0. The van der Waals surface area contributed by atoms with Crippen LogP contribution in [0, 0.1) is 5.92 Å². The van der Waals surface area contributed by atoms with Crippen LogP contribution >= 0.6 is 23.1 Å². The fourth-order valence-electron chi connectivity index (χ4n) is 4.76. The van der Waals surface area contributed by atoms with Crippen LogP contribution in [0.15, 0.2) is 47.3 Å². The van der Waals surface area contributed by atoms with Gasteiger partial charge in [0.05, 0.1) is 5.75 Å². The first-order valence-corrected chi connectivity index (χ1v) is 11.8. The van der Waals surface area contributed by atoms with Crippen LogP contribution in [-0.4, -0.2) is 40.5 Å². The lowest BCUT2D eigenvalue weighted by Crippen LogP contribution is -2.49. The summed E-state index contributed by atoms with van der Waals surface area (Å²) in [6, 6.07) is 14.3. The van der Waals surface area contributed by atoms with Gasteiger partial charge < -0.3 is 9.47 Å². The van der Waals surface area contributed by atoms with Crippen LogP contribution < -0.4 is 5.56 Å². The SMILES string of the molecule is CSCC(=O)N1CC2CC(C1)c1c(-c3cc4ccccc4s3)ccc(=O)n1C2. The van der Waals surface area contributed by atoms with E-state index in [0.717, 1.165) is 30.8 Å². The molecule has 4 heterocycles. The van der Waals surface area contributed by atoms with E-state index in [4.69, 9.17) is 0 Å². The molecule has 28 heavy (non-hydrogen) atoms. The minimum Gasteiger partial charge on any atom is -0.341 e. The van der Waals surface area contributed by atoms with Crippen molar-refractivity contribution in [3.05, 3.63) is 58.5 Å². The van der Waals surface area contributed by atoms with Gasteiger partial charge in [0.15, 0.2) is 0 Å². The number of carbonyl (C=O) groups is 1. The number of fused-ring (bicyclic) bond motifs is 5. The van der Waals surface area contributed by atoms with E-state index in [9.17, 15) is 9.59 Å². The molecule has 2 aliphatic heterocycles. The number of benzene rings is 1. The van der Waals surface area contributed by atoms with Gasteiger partial charge in [-0.05, 0) is 42.2 Å². The molecule has 1 amide bonds. The standard InChI is InChI=1S/C22H22N2O2S2/c1-27-13-21(26)23-10-14-8-16(12-23)22-17(6-7-20(25)24(22)11-14)19-9-15-4-2-3-5-18(15)28-19/h2-7,9,14,16H,8,10-13H2,1H3. The van der Waals surface area contributed by atoms with Crippen molar-refractivity contribution in [3.8, 4) is 10.4 Å². The number of likely N-dealkylation sites (tertiary alicyclic amines) is 1. The molecule has 5 rings (SSSR count). The summed E-state index contributed by atoms with van der Waals surface area (Å²) in [4.78, 5) is 28.4. The molecule has 2 atom stereocenters. The van der Waals surface area contributed by atoms with E-state index >= 15 is 0 Å². The molecule has 0 aliphatic carbocycles. The zero-order valence-corrected chi connectivity index (χ0v) is 17.4. The van der Waals surface area contributed by atoms with Crippen LogP contribution in [0.4, 0.5) is 0 Å². The Morgan fingerprint density at radius 1 is 1.18 bits per heavy atom. The molecular formula is C22H22N2O2S2. The summed E-state index contributed by atoms with van der Waals surface area (Å²) in [7, 11) is 0. The third-order valence-corrected chi connectivity index (χ3v) is 7.59. The van der Waals surface area contributed by atoms with Gasteiger partial charge in [-0.15, -0.1) is 11.3 Å². The van der Waals surface area contributed by atoms with Gasteiger partial charge in [0, 0.05) is 52.5 Å². The molecule has 2 aliphatic rings. The highest BCUT2D eigenvalue weighted by Crippen LogP contribution is 2.42. The van der Waals surface area contributed by atoms with Gasteiger partial charge >= 0.3 is 0 Å². The molecule has 1 saturated heterocycles. The molecule has 1 fully saturated rings. The molecule has 1 aromatic carbocycles. The van der Waals surface area contributed by atoms with Crippen LogP contribution in [-0.2, 0) is 11.3 Å². The van der Waals surface area contributed by atoms with Crippen LogP contribution in [0.25, 0.3) is 20.5 Å². The Kier molecular flexibility index (Phi) is 4.56. The molecule has 2 unspecified atom stereocenters. The summed E-state index contributed by atoms with van der Waals surface area (Å²) >= 11 is 3.35. The molecule has 4 nitrogen and oxygen atoms in total. The predicted molar refractivity (Wildman–Crippen MR) is 117 cm³/mol. The number of piperidine rings is 1. The van der Waals surface area contributed by atoms with Crippen molar-refractivity contribution < 1.29 is 4.79 Å². The van der Waals surface area contributed by atoms with E-state index in [-0.39, 0.29) is 17.4 Å². The maximum atomic E-state index is 12.7. The maximum Gasteiger partial charge on any atom is 0.250 e. The number of pyridine rings is 1. The van der Waals surface area contributed by atoms with E-state index in [1.807, 2.05) is 21.8 Å². The molecule has 0 N–H and O–H groups in total. The first-order valence-electron chi connectivity index (χ1n) is 9.63. The second-order valence-corrected chi connectivity index (χ2v) is 9.71. The lowest BCUT2D eigenvalue weighted by atomic mass is 9.81. The van der Waals surface area contributed by atoms with Gasteiger partial charge in [-0.1, -0.05) is 18.2 Å². The summed E-state index contributed by atoms with van der Waals surface area (Å²) in [5.41, 5.74) is 2.36. The van der Waals surface area contributed by atoms with Crippen molar-refractivity contribution >= 4 is 39.1 Å². The minimum absolute atomic E-state index is 0.0819. The molecule has 0 saturated carbocycles. The molecular weight excluding hydrogens is 388 g/mol. The van der Waals surface area contributed by atoms with Gasteiger partial charge in [0.2, 0.25) is 5.91 Å². The van der Waals surface area contributed by atoms with Gasteiger partial charge in [0.1, 0.15) is 0 Å². The van der Waals surface area contributed by atoms with Crippen LogP contribution in [0.5, 0.6) is 0 Å². The quantitative estimate of drug-likeness (QED) is 0.654. The summed E-state index contributed by atoms with van der Waals surface area (Å²) in [5, 5.41) is 1.24. The highest BCUT2D eigenvalue weighted by Gasteiger charge is 2.37. The molecule has 0 spiro atoms. The monoisotopic (exact) mass is 410 g/mol. The predicted octanol–water partition coefficient (Wildman–Crippen LogP) is 4.04. The Morgan fingerprint density at radius 3 is 2.86 bits per heavy atom. The highest BCUT2D eigenvalue weighted by molar-refractivity contribution is 7.99. The number of amides is 1. The first-order chi connectivity index (χ1) is 13.6. The highest BCUT2D eigenvalue weighted by atomic mass is 32.2. The van der Waals surface area contributed by atoms with Crippen molar-refractivity contribution in [2.45, 2.75) is 18.9 Å². The summed E-state index contributed by atoms with van der Waals surface area (Å²) in [6.45, 7) is 2.21. The van der Waals surface area contributed by atoms with E-state index in [2.05, 4.69) is 30.3 Å². The van der Waals surface area contributed by atoms with Crippen molar-refractivity contribution in [3.63, 3.8) is 0 Å². The number of thioether (sulfide) groups is 1. The Balaban J connectivity index is 1.60. The lowest BCUT2D eigenvalue weighted by Gasteiger charge is -2.43. The maximum absolute atomic E-state index is 12.7. The second kappa shape index (κ2) is 7.08. The third kappa shape index (κ3) is 2.99. The fourth-order valence-corrected chi connectivity index (χ4v) is 6.28. The third-order valence-electron chi connectivity index (χ3n) is 5.90. The van der Waals surface area contributed by atoms with E-state index in [1.54, 1.807) is 29.2 Å². The van der Waals surface area contributed by atoms with Crippen LogP contribution in [0.1, 0.15) is 18.0 Å². The summed E-state index contributed by atoms with van der Waals surface area (Å²) in [6.07, 6.45) is 3.03. The number of hydrogen-bond acceptors (Lipinski definition) is 4. The van der Waals surface area contributed by atoms with Crippen LogP contribution in [0.3, 0.4) is 0 Å². The number of hydrogen-bond donors (Lipinski definition) is 0. The summed E-state index contributed by atoms with van der Waals surface area (Å²) < 4.78 is 3.24.